The summed E-state index contributed by atoms with van der Waals surface area (Å²) >= 11 is 0. The third-order valence-electron chi connectivity index (χ3n) is 3.73. The summed E-state index contributed by atoms with van der Waals surface area (Å²) < 4.78 is 0. The zero-order valence-electron chi connectivity index (χ0n) is 10.2. The fourth-order valence-corrected chi connectivity index (χ4v) is 2.92. The van der Waals surface area contributed by atoms with Crippen LogP contribution in [-0.2, 0) is 4.79 Å². The number of aliphatic carboxylic acids is 1. The van der Waals surface area contributed by atoms with Crippen LogP contribution in [0.3, 0.4) is 0 Å². The minimum Gasteiger partial charge on any atom is -0.481 e. The van der Waals surface area contributed by atoms with Crippen LogP contribution in [0.15, 0.2) is 11.6 Å². The third-order valence-corrected chi connectivity index (χ3v) is 3.73. The van der Waals surface area contributed by atoms with Gasteiger partial charge in [0.05, 0.1) is 5.92 Å². The summed E-state index contributed by atoms with van der Waals surface area (Å²) in [7, 11) is 0. The maximum Gasteiger partial charge on any atom is 0.306 e. The van der Waals surface area contributed by atoms with Crippen LogP contribution in [0.2, 0.25) is 0 Å². The van der Waals surface area contributed by atoms with Crippen molar-refractivity contribution in [1.29, 1.82) is 0 Å². The van der Waals surface area contributed by atoms with Gasteiger partial charge in [-0.05, 0) is 30.6 Å². The molecule has 0 saturated heterocycles. The van der Waals surface area contributed by atoms with Crippen molar-refractivity contribution in [2.45, 2.75) is 47.0 Å². The first kappa shape index (κ1) is 12.3. The summed E-state index contributed by atoms with van der Waals surface area (Å²) in [6.07, 6.45) is 5.42. The van der Waals surface area contributed by atoms with E-state index >= 15 is 0 Å². The molecule has 1 rings (SSSR count). The molecular formula is C13H22O2. The molecule has 1 aliphatic rings. The van der Waals surface area contributed by atoms with Gasteiger partial charge in [-0.25, -0.2) is 0 Å². The SMILES string of the molecule is CCC1=CCCC(C)(C)C1C(C)C(=O)O. The normalized spacial score (nSPS) is 26.9. The molecule has 2 nitrogen and oxygen atoms in total. The maximum absolute atomic E-state index is 11.1. The second-order valence-corrected chi connectivity index (χ2v) is 5.26. The van der Waals surface area contributed by atoms with Gasteiger partial charge >= 0.3 is 5.97 Å². The van der Waals surface area contributed by atoms with Crippen molar-refractivity contribution >= 4 is 5.97 Å². The predicted molar refractivity (Wildman–Crippen MR) is 61.7 cm³/mol. The van der Waals surface area contributed by atoms with Crippen molar-refractivity contribution in [2.24, 2.45) is 17.3 Å². The Bertz CT molecular complexity index is 276. The molecule has 0 aromatic rings. The fourth-order valence-electron chi connectivity index (χ4n) is 2.92. The van der Waals surface area contributed by atoms with E-state index in [1.807, 2.05) is 6.92 Å². The third kappa shape index (κ3) is 2.42. The molecule has 0 heterocycles. The van der Waals surface area contributed by atoms with Crippen molar-refractivity contribution in [3.8, 4) is 0 Å². The molecule has 0 aromatic carbocycles. The van der Waals surface area contributed by atoms with Gasteiger partial charge in [0, 0.05) is 0 Å². The lowest BCUT2D eigenvalue weighted by atomic mass is 9.63. The molecule has 1 N–H and O–H groups in total. The minimum atomic E-state index is -0.672. The van der Waals surface area contributed by atoms with E-state index in [9.17, 15) is 4.79 Å². The molecule has 1 aliphatic carbocycles. The van der Waals surface area contributed by atoms with E-state index < -0.39 is 5.97 Å². The van der Waals surface area contributed by atoms with Crippen LogP contribution in [0.5, 0.6) is 0 Å². The highest BCUT2D eigenvalue weighted by atomic mass is 16.4. The van der Waals surface area contributed by atoms with Crippen LogP contribution in [-0.4, -0.2) is 11.1 Å². The lowest BCUT2D eigenvalue weighted by Gasteiger charge is -2.41. The second kappa shape index (κ2) is 4.38. The first-order valence-corrected chi connectivity index (χ1v) is 5.82. The monoisotopic (exact) mass is 210 g/mol. The molecule has 0 saturated carbocycles. The summed E-state index contributed by atoms with van der Waals surface area (Å²) in [5.41, 5.74) is 1.46. The maximum atomic E-state index is 11.1. The van der Waals surface area contributed by atoms with Gasteiger partial charge in [0.15, 0.2) is 0 Å². The Hall–Kier alpha value is -0.790. The van der Waals surface area contributed by atoms with Crippen LogP contribution < -0.4 is 0 Å². The molecule has 0 bridgehead atoms. The number of carboxylic acids is 1. The van der Waals surface area contributed by atoms with Gasteiger partial charge in [-0.15, -0.1) is 0 Å². The zero-order chi connectivity index (χ0) is 11.6. The van der Waals surface area contributed by atoms with Gasteiger partial charge in [0.1, 0.15) is 0 Å². The number of carbonyl (C=O) groups is 1. The topological polar surface area (TPSA) is 37.3 Å². The molecule has 2 unspecified atom stereocenters. The van der Waals surface area contributed by atoms with Gasteiger partial charge in [0.2, 0.25) is 0 Å². The van der Waals surface area contributed by atoms with Crippen LogP contribution in [0.1, 0.15) is 47.0 Å². The summed E-state index contributed by atoms with van der Waals surface area (Å²) in [6, 6.07) is 0. The van der Waals surface area contributed by atoms with Gasteiger partial charge < -0.3 is 5.11 Å². The molecule has 0 spiro atoms. The van der Waals surface area contributed by atoms with E-state index in [-0.39, 0.29) is 17.3 Å². The largest absolute Gasteiger partial charge is 0.481 e. The molecule has 2 heteroatoms. The van der Waals surface area contributed by atoms with Crippen LogP contribution >= 0.6 is 0 Å². The fraction of sp³-hybridized carbons (Fsp3) is 0.769. The average Bonchev–Trinajstić information content (AvgIpc) is 2.14. The number of carboxylic acid groups (broad SMARTS) is 1. The Kier molecular flexibility index (Phi) is 3.58. The number of rotatable bonds is 3. The Morgan fingerprint density at radius 1 is 1.67 bits per heavy atom. The summed E-state index contributed by atoms with van der Waals surface area (Å²) in [5.74, 6) is -0.741. The quantitative estimate of drug-likeness (QED) is 0.724. The molecule has 15 heavy (non-hydrogen) atoms. The van der Waals surface area contributed by atoms with Crippen molar-refractivity contribution in [1.82, 2.24) is 0 Å². The lowest BCUT2D eigenvalue weighted by Crippen LogP contribution is -2.36. The Balaban J connectivity index is 3.01. The van der Waals surface area contributed by atoms with Crippen molar-refractivity contribution in [2.75, 3.05) is 0 Å². The molecular weight excluding hydrogens is 188 g/mol. The summed E-state index contributed by atoms with van der Waals surface area (Å²) in [5, 5.41) is 9.15. The standard InChI is InChI=1S/C13H22O2/c1-5-10-7-6-8-13(3,4)11(10)9(2)12(14)15/h7,9,11H,5-6,8H2,1-4H3,(H,14,15). The Morgan fingerprint density at radius 2 is 2.27 bits per heavy atom. The predicted octanol–water partition coefficient (Wildman–Crippen LogP) is 3.48. The van der Waals surface area contributed by atoms with Crippen molar-refractivity contribution in [3.63, 3.8) is 0 Å². The van der Waals surface area contributed by atoms with E-state index in [1.54, 1.807) is 0 Å². The minimum absolute atomic E-state index is 0.123. The number of hydrogen-bond donors (Lipinski definition) is 1. The Labute approximate surface area is 92.4 Å². The summed E-state index contributed by atoms with van der Waals surface area (Å²) in [6.45, 7) is 8.35. The molecule has 2 atom stereocenters. The number of hydrogen-bond acceptors (Lipinski definition) is 1. The first-order valence-electron chi connectivity index (χ1n) is 5.82. The van der Waals surface area contributed by atoms with E-state index in [1.165, 1.54) is 5.57 Å². The van der Waals surface area contributed by atoms with Crippen molar-refractivity contribution < 1.29 is 9.90 Å². The highest BCUT2D eigenvalue weighted by molar-refractivity contribution is 5.70. The van der Waals surface area contributed by atoms with Crippen LogP contribution in [0.4, 0.5) is 0 Å². The molecule has 86 valence electrons. The molecule has 0 aromatic heterocycles. The lowest BCUT2D eigenvalue weighted by molar-refractivity contribution is -0.144. The zero-order valence-corrected chi connectivity index (χ0v) is 10.2. The molecule has 0 fully saturated rings. The highest BCUT2D eigenvalue weighted by Gasteiger charge is 2.39. The molecule has 0 radical (unpaired) electrons. The van der Waals surface area contributed by atoms with Gasteiger partial charge in [-0.2, -0.15) is 0 Å². The van der Waals surface area contributed by atoms with Gasteiger partial charge in [-0.1, -0.05) is 39.3 Å². The molecule has 0 aliphatic heterocycles. The molecule has 0 amide bonds. The first-order chi connectivity index (χ1) is 6.90. The van der Waals surface area contributed by atoms with Gasteiger partial charge in [-0.3, -0.25) is 4.79 Å². The van der Waals surface area contributed by atoms with E-state index in [0.29, 0.717) is 0 Å². The summed E-state index contributed by atoms with van der Waals surface area (Å²) in [4.78, 5) is 11.1. The van der Waals surface area contributed by atoms with Crippen molar-refractivity contribution in [3.05, 3.63) is 11.6 Å². The average molecular weight is 210 g/mol. The Morgan fingerprint density at radius 3 is 2.73 bits per heavy atom. The van der Waals surface area contributed by atoms with E-state index in [2.05, 4.69) is 26.8 Å². The second-order valence-electron chi connectivity index (χ2n) is 5.26. The highest BCUT2D eigenvalue weighted by Crippen LogP contribution is 2.45. The van der Waals surface area contributed by atoms with E-state index in [4.69, 9.17) is 5.11 Å². The van der Waals surface area contributed by atoms with Crippen LogP contribution in [0, 0.1) is 17.3 Å². The smallest absolute Gasteiger partial charge is 0.306 e. The van der Waals surface area contributed by atoms with Crippen LogP contribution in [0.25, 0.3) is 0 Å². The number of allylic oxidation sites excluding steroid dienone is 2. The van der Waals surface area contributed by atoms with Gasteiger partial charge in [0.25, 0.3) is 0 Å². The van der Waals surface area contributed by atoms with E-state index in [0.717, 1.165) is 19.3 Å².